The quantitative estimate of drug-likeness (QED) is 0.732. The molecule has 0 bridgehead atoms. The molecule has 0 amide bonds. The molecule has 6 nitrogen and oxygen atoms in total. The molecule has 0 spiro atoms. The van der Waals surface area contributed by atoms with Gasteiger partial charge in [0.25, 0.3) is 6.01 Å². The lowest BCUT2D eigenvalue weighted by molar-refractivity contribution is 0.614. The highest BCUT2D eigenvalue weighted by Gasteiger charge is 2.07. The van der Waals surface area contributed by atoms with Crippen molar-refractivity contribution in [3.8, 4) is 0 Å². The Kier molecular flexibility index (Phi) is 2.40. The highest BCUT2D eigenvalue weighted by molar-refractivity contribution is 5.74. The van der Waals surface area contributed by atoms with Gasteiger partial charge in [-0.1, -0.05) is 12.1 Å². The summed E-state index contributed by atoms with van der Waals surface area (Å²) in [5, 5.41) is 7.17. The number of aromatic nitrogens is 3. The van der Waals surface area contributed by atoms with E-state index in [4.69, 9.17) is 10.2 Å². The Labute approximate surface area is 103 Å². The first-order chi connectivity index (χ1) is 8.74. The van der Waals surface area contributed by atoms with Gasteiger partial charge < -0.3 is 15.5 Å². The predicted octanol–water partition coefficient (Wildman–Crippen LogP) is 1.76. The molecule has 3 rings (SSSR count). The van der Waals surface area contributed by atoms with Crippen molar-refractivity contribution >= 4 is 22.9 Å². The molecule has 92 valence electrons. The van der Waals surface area contributed by atoms with E-state index < -0.39 is 0 Å². The van der Waals surface area contributed by atoms with E-state index >= 15 is 0 Å². The summed E-state index contributed by atoms with van der Waals surface area (Å²) in [7, 11) is 1.80. The highest BCUT2D eigenvalue weighted by atomic mass is 16.4. The molecule has 0 radical (unpaired) electrons. The van der Waals surface area contributed by atoms with Gasteiger partial charge in [-0.3, -0.25) is 4.68 Å². The minimum atomic E-state index is 0.486. The Hall–Kier alpha value is -2.50. The normalized spacial score (nSPS) is 10.9. The topological polar surface area (TPSA) is 81.9 Å². The predicted molar refractivity (Wildman–Crippen MR) is 69.0 cm³/mol. The molecular weight excluding hydrogens is 230 g/mol. The number of benzene rings is 1. The van der Waals surface area contributed by atoms with Gasteiger partial charge in [0.2, 0.25) is 0 Å². The zero-order valence-corrected chi connectivity index (χ0v) is 9.92. The second kappa shape index (κ2) is 4.06. The number of anilines is 2. The van der Waals surface area contributed by atoms with E-state index in [-0.39, 0.29) is 0 Å². The number of nitrogens with two attached hydrogens (primary N) is 1. The van der Waals surface area contributed by atoms with E-state index in [1.807, 2.05) is 24.3 Å². The van der Waals surface area contributed by atoms with Crippen molar-refractivity contribution in [2.24, 2.45) is 7.05 Å². The number of fused-ring (bicyclic) bond motifs is 1. The molecule has 0 aliphatic rings. The van der Waals surface area contributed by atoms with Gasteiger partial charge in [-0.25, -0.2) is 0 Å². The summed E-state index contributed by atoms with van der Waals surface area (Å²) < 4.78 is 7.17. The molecule has 6 heteroatoms. The van der Waals surface area contributed by atoms with E-state index in [2.05, 4.69) is 15.4 Å². The molecule has 0 unspecified atom stereocenters. The number of aryl methyl sites for hydroxylation is 1. The second-order valence-corrected chi connectivity index (χ2v) is 4.02. The molecule has 18 heavy (non-hydrogen) atoms. The zero-order chi connectivity index (χ0) is 12.5. The Morgan fingerprint density at radius 2 is 2.22 bits per heavy atom. The van der Waals surface area contributed by atoms with Crippen molar-refractivity contribution in [3.05, 3.63) is 36.0 Å². The highest BCUT2D eigenvalue weighted by Crippen LogP contribution is 2.19. The summed E-state index contributed by atoms with van der Waals surface area (Å²) in [6, 6.07) is 8.11. The first-order valence-corrected chi connectivity index (χ1v) is 5.60. The smallest absolute Gasteiger partial charge is 0.295 e. The van der Waals surface area contributed by atoms with Crippen molar-refractivity contribution in [2.45, 2.75) is 6.54 Å². The van der Waals surface area contributed by atoms with Gasteiger partial charge in [-0.05, 0) is 12.1 Å². The molecule has 1 aromatic carbocycles. The molecule has 0 atom stereocenters. The molecule has 3 aromatic rings. The van der Waals surface area contributed by atoms with E-state index in [0.717, 1.165) is 16.7 Å². The Balaban J connectivity index is 1.79. The fourth-order valence-electron chi connectivity index (χ4n) is 1.75. The number of rotatable bonds is 3. The molecule has 0 fully saturated rings. The van der Waals surface area contributed by atoms with Crippen molar-refractivity contribution < 1.29 is 4.42 Å². The number of hydrogen-bond acceptors (Lipinski definition) is 5. The number of para-hydroxylation sites is 2. The van der Waals surface area contributed by atoms with E-state index in [1.165, 1.54) is 0 Å². The van der Waals surface area contributed by atoms with Crippen LogP contribution < -0.4 is 11.1 Å². The third-order valence-corrected chi connectivity index (χ3v) is 2.79. The van der Waals surface area contributed by atoms with Crippen molar-refractivity contribution in [2.75, 3.05) is 11.1 Å². The largest absolute Gasteiger partial charge is 0.424 e. The van der Waals surface area contributed by atoms with E-state index in [9.17, 15) is 0 Å². The third-order valence-electron chi connectivity index (χ3n) is 2.79. The fourth-order valence-corrected chi connectivity index (χ4v) is 1.75. The summed E-state index contributed by atoms with van der Waals surface area (Å²) >= 11 is 0. The minimum Gasteiger partial charge on any atom is -0.424 e. The van der Waals surface area contributed by atoms with Crippen LogP contribution in [0.2, 0.25) is 0 Å². The van der Waals surface area contributed by atoms with Crippen LogP contribution in [0.5, 0.6) is 0 Å². The lowest BCUT2D eigenvalue weighted by atomic mass is 10.3. The molecule has 2 aromatic heterocycles. The lowest BCUT2D eigenvalue weighted by Crippen LogP contribution is -2.04. The second-order valence-electron chi connectivity index (χ2n) is 4.02. The average Bonchev–Trinajstić information content (AvgIpc) is 2.92. The van der Waals surface area contributed by atoms with Gasteiger partial charge in [0.15, 0.2) is 5.58 Å². The summed E-state index contributed by atoms with van der Waals surface area (Å²) in [5.74, 6) is 0.638. The number of oxazole rings is 1. The van der Waals surface area contributed by atoms with Gasteiger partial charge in [0, 0.05) is 19.2 Å². The molecule has 0 saturated carbocycles. The number of nitrogen functional groups attached to an aromatic ring is 1. The summed E-state index contributed by atoms with van der Waals surface area (Å²) in [4.78, 5) is 4.32. The fraction of sp³-hybridized carbons (Fsp3) is 0.167. The van der Waals surface area contributed by atoms with Crippen LogP contribution in [0.15, 0.2) is 34.9 Å². The molecular formula is C12H13N5O. The number of hydrogen-bond donors (Lipinski definition) is 2. The van der Waals surface area contributed by atoms with Crippen LogP contribution in [0.4, 0.5) is 11.8 Å². The molecule has 3 N–H and O–H groups in total. The molecule has 0 saturated heterocycles. The van der Waals surface area contributed by atoms with Gasteiger partial charge in [0.1, 0.15) is 11.3 Å². The van der Waals surface area contributed by atoms with Crippen LogP contribution >= 0.6 is 0 Å². The molecule has 0 aliphatic carbocycles. The van der Waals surface area contributed by atoms with E-state index in [0.29, 0.717) is 18.4 Å². The van der Waals surface area contributed by atoms with E-state index in [1.54, 1.807) is 17.9 Å². The Morgan fingerprint density at radius 1 is 1.39 bits per heavy atom. The Morgan fingerprint density at radius 3 is 2.94 bits per heavy atom. The number of nitrogens with one attached hydrogen (secondary N) is 1. The van der Waals surface area contributed by atoms with Crippen LogP contribution in [-0.2, 0) is 13.6 Å². The van der Waals surface area contributed by atoms with Crippen molar-refractivity contribution in [1.82, 2.24) is 14.8 Å². The maximum absolute atomic E-state index is 5.85. The van der Waals surface area contributed by atoms with Crippen LogP contribution in [0, 0.1) is 0 Å². The standard InChI is InChI=1S/C12H13N5O/c1-17-11(13)8(7-15-17)6-14-12-16-9-4-2-3-5-10(9)18-12/h2-5,7H,6,13H2,1H3,(H,14,16). The van der Waals surface area contributed by atoms with Crippen LogP contribution in [0.25, 0.3) is 11.1 Å². The molecule has 2 heterocycles. The van der Waals surface area contributed by atoms with Crippen LogP contribution in [-0.4, -0.2) is 14.8 Å². The first kappa shape index (κ1) is 10.6. The van der Waals surface area contributed by atoms with Crippen molar-refractivity contribution in [1.29, 1.82) is 0 Å². The maximum atomic E-state index is 5.85. The minimum absolute atomic E-state index is 0.486. The number of nitrogens with zero attached hydrogens (tertiary/aromatic N) is 3. The van der Waals surface area contributed by atoms with Crippen LogP contribution in [0.3, 0.4) is 0 Å². The first-order valence-electron chi connectivity index (χ1n) is 5.60. The zero-order valence-electron chi connectivity index (χ0n) is 9.92. The van der Waals surface area contributed by atoms with Crippen LogP contribution in [0.1, 0.15) is 5.56 Å². The lowest BCUT2D eigenvalue weighted by Gasteiger charge is -2.00. The summed E-state index contributed by atoms with van der Waals surface area (Å²) in [6.07, 6.45) is 1.73. The summed E-state index contributed by atoms with van der Waals surface area (Å²) in [6.45, 7) is 0.534. The van der Waals surface area contributed by atoms with Gasteiger partial charge in [-0.2, -0.15) is 10.1 Å². The SMILES string of the molecule is Cn1ncc(CNc2nc3ccccc3o2)c1N. The monoisotopic (exact) mass is 243 g/mol. The van der Waals surface area contributed by atoms with Crippen molar-refractivity contribution in [3.63, 3.8) is 0 Å². The molecule has 0 aliphatic heterocycles. The maximum Gasteiger partial charge on any atom is 0.295 e. The summed E-state index contributed by atoms with van der Waals surface area (Å²) in [5.41, 5.74) is 8.36. The van der Waals surface area contributed by atoms with Gasteiger partial charge >= 0.3 is 0 Å². The average molecular weight is 243 g/mol. The van der Waals surface area contributed by atoms with Gasteiger partial charge in [0.05, 0.1) is 6.20 Å². The Bertz CT molecular complexity index is 652. The third kappa shape index (κ3) is 1.77. The van der Waals surface area contributed by atoms with Gasteiger partial charge in [-0.15, -0.1) is 0 Å².